The first-order chi connectivity index (χ1) is 15.7. The topological polar surface area (TPSA) is 27.7 Å². The number of methoxy groups -OCH3 is 3. The van der Waals surface area contributed by atoms with Crippen LogP contribution in [0.1, 0.15) is 142 Å². The maximum atomic E-state index is 5.67. The third-order valence-corrected chi connectivity index (χ3v) is 6.82. The molecule has 0 aromatic heterocycles. The molecule has 1 unspecified atom stereocenters. The van der Waals surface area contributed by atoms with E-state index in [4.69, 9.17) is 14.2 Å². The molecule has 0 spiro atoms. The van der Waals surface area contributed by atoms with E-state index < -0.39 is 5.97 Å². The van der Waals surface area contributed by atoms with Crippen molar-refractivity contribution < 1.29 is 14.2 Å². The number of ether oxygens (including phenoxy) is 3. The van der Waals surface area contributed by atoms with Crippen molar-refractivity contribution in [1.29, 1.82) is 0 Å². The summed E-state index contributed by atoms with van der Waals surface area (Å²) in [7, 11) is 5.11. The third-order valence-electron chi connectivity index (χ3n) is 6.82. The highest BCUT2D eigenvalue weighted by atomic mass is 16.9. The average Bonchev–Trinajstić information content (AvgIpc) is 2.85. The molecular formula is C29H58O3. The highest BCUT2D eigenvalue weighted by Crippen LogP contribution is 2.33. The Labute approximate surface area is 202 Å². The normalized spacial score (nSPS) is 14.8. The van der Waals surface area contributed by atoms with E-state index in [2.05, 4.69) is 26.0 Å². The van der Waals surface area contributed by atoms with Crippen LogP contribution < -0.4 is 0 Å². The molecule has 1 atom stereocenters. The lowest BCUT2D eigenvalue weighted by molar-refractivity contribution is -0.380. The minimum absolute atomic E-state index is 0.314. The first-order valence-electron chi connectivity index (χ1n) is 14.0. The van der Waals surface area contributed by atoms with Crippen LogP contribution in [-0.2, 0) is 14.2 Å². The molecule has 0 aliphatic heterocycles. The summed E-state index contributed by atoms with van der Waals surface area (Å²) in [5, 5.41) is 0. The maximum Gasteiger partial charge on any atom is 0.285 e. The molecule has 1 rings (SSSR count). The van der Waals surface area contributed by atoms with Gasteiger partial charge in [0.1, 0.15) is 0 Å². The number of unbranched alkanes of at least 4 members (excludes halogenated alkanes) is 12. The SMILES string of the molecule is C1=CCCCC1.CCCCCCCCCCC(CCCCCCCC)C(OC)(OC)OC. The summed E-state index contributed by atoms with van der Waals surface area (Å²) in [4.78, 5) is 0. The van der Waals surface area contributed by atoms with Crippen LogP contribution in [0.5, 0.6) is 0 Å². The Morgan fingerprint density at radius 1 is 0.562 bits per heavy atom. The summed E-state index contributed by atoms with van der Waals surface area (Å²) in [5.41, 5.74) is 0. The Morgan fingerprint density at radius 3 is 1.19 bits per heavy atom. The molecule has 0 fully saturated rings. The van der Waals surface area contributed by atoms with Crippen molar-refractivity contribution in [2.75, 3.05) is 21.3 Å². The molecule has 192 valence electrons. The number of hydrogen-bond donors (Lipinski definition) is 0. The van der Waals surface area contributed by atoms with Crippen LogP contribution in [0.3, 0.4) is 0 Å². The summed E-state index contributed by atoms with van der Waals surface area (Å²) in [6.45, 7) is 4.54. The Bertz CT molecular complexity index is 374. The van der Waals surface area contributed by atoms with E-state index in [-0.39, 0.29) is 0 Å². The monoisotopic (exact) mass is 454 g/mol. The van der Waals surface area contributed by atoms with Crippen LogP contribution in [0.15, 0.2) is 12.2 Å². The first-order valence-corrected chi connectivity index (χ1v) is 14.0. The molecule has 1 aliphatic carbocycles. The van der Waals surface area contributed by atoms with Crippen molar-refractivity contribution in [3.05, 3.63) is 12.2 Å². The Morgan fingerprint density at radius 2 is 0.906 bits per heavy atom. The molecular weight excluding hydrogens is 396 g/mol. The minimum Gasteiger partial charge on any atom is -0.331 e. The molecule has 0 bridgehead atoms. The highest BCUT2D eigenvalue weighted by Gasteiger charge is 2.39. The minimum atomic E-state index is -0.870. The van der Waals surface area contributed by atoms with E-state index in [1.165, 1.54) is 116 Å². The fraction of sp³-hybridized carbons (Fsp3) is 0.931. The van der Waals surface area contributed by atoms with Crippen LogP contribution in [-0.4, -0.2) is 27.3 Å². The molecule has 0 aromatic carbocycles. The molecule has 0 heterocycles. The second-order valence-electron chi connectivity index (χ2n) is 9.49. The van der Waals surface area contributed by atoms with Gasteiger partial charge in [-0.25, -0.2) is 0 Å². The molecule has 3 nitrogen and oxygen atoms in total. The maximum absolute atomic E-state index is 5.67. The first kappa shape index (κ1) is 31.6. The summed E-state index contributed by atoms with van der Waals surface area (Å²) < 4.78 is 17.0. The Balaban J connectivity index is 0.00000136. The van der Waals surface area contributed by atoms with Crippen molar-refractivity contribution in [3.63, 3.8) is 0 Å². The van der Waals surface area contributed by atoms with E-state index in [1.807, 2.05) is 0 Å². The molecule has 0 saturated heterocycles. The summed E-state index contributed by atoms with van der Waals surface area (Å²) >= 11 is 0. The number of allylic oxidation sites excluding steroid dienone is 2. The van der Waals surface area contributed by atoms with Gasteiger partial charge in [-0.05, 0) is 38.5 Å². The molecule has 32 heavy (non-hydrogen) atoms. The largest absolute Gasteiger partial charge is 0.331 e. The average molecular weight is 455 g/mol. The predicted octanol–water partition coefficient (Wildman–Crippen LogP) is 9.59. The number of hydrogen-bond acceptors (Lipinski definition) is 3. The van der Waals surface area contributed by atoms with Gasteiger partial charge in [-0.2, -0.15) is 0 Å². The van der Waals surface area contributed by atoms with E-state index in [0.29, 0.717) is 5.92 Å². The van der Waals surface area contributed by atoms with Crippen molar-refractivity contribution in [1.82, 2.24) is 0 Å². The van der Waals surface area contributed by atoms with Crippen LogP contribution in [0, 0.1) is 5.92 Å². The standard InChI is InChI=1S/C23H48O3.C6H10/c1-6-8-10-12-14-15-17-19-21-22(23(24-3,25-4)26-5)20-18-16-13-11-9-7-2;1-2-4-6-5-3-1/h22H,6-21H2,1-5H3;1-2H,3-6H2. The molecule has 1 aliphatic rings. The van der Waals surface area contributed by atoms with Crippen LogP contribution >= 0.6 is 0 Å². The van der Waals surface area contributed by atoms with Gasteiger partial charge < -0.3 is 14.2 Å². The zero-order valence-corrected chi connectivity index (χ0v) is 22.6. The molecule has 0 saturated carbocycles. The lowest BCUT2D eigenvalue weighted by Crippen LogP contribution is -2.44. The van der Waals surface area contributed by atoms with E-state index in [9.17, 15) is 0 Å². The zero-order chi connectivity index (χ0) is 23.8. The van der Waals surface area contributed by atoms with Crippen molar-refractivity contribution in [2.24, 2.45) is 5.92 Å². The van der Waals surface area contributed by atoms with Crippen LogP contribution in [0.2, 0.25) is 0 Å². The quantitative estimate of drug-likeness (QED) is 0.104. The van der Waals surface area contributed by atoms with Gasteiger partial charge >= 0.3 is 0 Å². The van der Waals surface area contributed by atoms with Gasteiger partial charge in [0.25, 0.3) is 5.97 Å². The predicted molar refractivity (Wildman–Crippen MR) is 140 cm³/mol. The van der Waals surface area contributed by atoms with E-state index in [0.717, 1.165) is 12.8 Å². The van der Waals surface area contributed by atoms with Crippen LogP contribution in [0.4, 0.5) is 0 Å². The molecule has 0 amide bonds. The Kier molecular flexibility index (Phi) is 23.5. The number of rotatable bonds is 20. The smallest absolute Gasteiger partial charge is 0.285 e. The van der Waals surface area contributed by atoms with Crippen molar-refractivity contribution in [3.8, 4) is 0 Å². The molecule has 0 N–H and O–H groups in total. The van der Waals surface area contributed by atoms with Crippen molar-refractivity contribution >= 4 is 0 Å². The molecule has 3 heteroatoms. The van der Waals surface area contributed by atoms with Crippen molar-refractivity contribution in [2.45, 2.75) is 148 Å². The van der Waals surface area contributed by atoms with Gasteiger partial charge in [-0.1, -0.05) is 116 Å². The second-order valence-corrected chi connectivity index (χ2v) is 9.49. The molecule has 0 radical (unpaired) electrons. The van der Waals surface area contributed by atoms with Gasteiger partial charge in [0, 0.05) is 27.2 Å². The second kappa shape index (κ2) is 23.8. The summed E-state index contributed by atoms with van der Waals surface area (Å²) in [5.74, 6) is -0.557. The van der Waals surface area contributed by atoms with E-state index >= 15 is 0 Å². The fourth-order valence-corrected chi connectivity index (χ4v) is 4.70. The van der Waals surface area contributed by atoms with Gasteiger partial charge in [0.15, 0.2) is 0 Å². The molecule has 0 aromatic rings. The van der Waals surface area contributed by atoms with Gasteiger partial charge in [0.05, 0.1) is 0 Å². The van der Waals surface area contributed by atoms with E-state index in [1.54, 1.807) is 21.3 Å². The third kappa shape index (κ3) is 16.3. The zero-order valence-electron chi connectivity index (χ0n) is 22.6. The van der Waals surface area contributed by atoms with Crippen LogP contribution in [0.25, 0.3) is 0 Å². The summed E-state index contributed by atoms with van der Waals surface area (Å²) in [6, 6.07) is 0. The van der Waals surface area contributed by atoms with Gasteiger partial charge in [-0.15, -0.1) is 0 Å². The lowest BCUT2D eigenvalue weighted by Gasteiger charge is -2.36. The fourth-order valence-electron chi connectivity index (χ4n) is 4.70. The highest BCUT2D eigenvalue weighted by molar-refractivity contribution is 4.85. The summed E-state index contributed by atoms with van der Waals surface area (Å²) in [6.07, 6.45) is 31.0. The Hall–Kier alpha value is -0.380. The lowest BCUT2D eigenvalue weighted by atomic mass is 9.91. The van der Waals surface area contributed by atoms with Gasteiger partial charge in [0.2, 0.25) is 0 Å². The van der Waals surface area contributed by atoms with Gasteiger partial charge in [-0.3, -0.25) is 0 Å².